The minimum absolute atomic E-state index is 0.0606. The van der Waals surface area contributed by atoms with Crippen LogP contribution in [0.2, 0.25) is 0 Å². The summed E-state index contributed by atoms with van der Waals surface area (Å²) >= 11 is 0. The molecule has 8 nitrogen and oxygen atoms in total. The number of rotatable bonds is 4. The van der Waals surface area contributed by atoms with Gasteiger partial charge >= 0.3 is 5.97 Å². The van der Waals surface area contributed by atoms with E-state index in [1.807, 2.05) is 50.2 Å². The van der Waals surface area contributed by atoms with E-state index in [0.717, 1.165) is 48.0 Å². The Labute approximate surface area is 240 Å². The zero-order valence-electron chi connectivity index (χ0n) is 23.5. The van der Waals surface area contributed by atoms with Crippen LogP contribution in [0, 0.1) is 13.8 Å². The van der Waals surface area contributed by atoms with Crippen LogP contribution in [-0.4, -0.2) is 30.6 Å². The molecule has 3 heterocycles. The van der Waals surface area contributed by atoms with E-state index in [2.05, 4.69) is 14.5 Å². The number of carboxylic acid groups (broad SMARTS) is 1. The standard InChI is InChI=1S/C34H30N4O4/c1-18-14-27-32(31(30(18)34(41)42)20-8-10-25-23(16-20)28(39)12-13-35-25)37-33(38(27)22-6-4-3-5-7-22)21-9-11-26-24(17-21)29(40)15-19(2)36-26/h8-17,22H,3-7H2,1-2H3,(H,35,39)(H,36,40)(H,41,42). The van der Waals surface area contributed by atoms with Gasteiger partial charge in [-0.2, -0.15) is 0 Å². The molecule has 1 fully saturated rings. The number of aromatic amines is 2. The summed E-state index contributed by atoms with van der Waals surface area (Å²) < 4.78 is 2.26. The monoisotopic (exact) mass is 558 g/mol. The number of hydrogen-bond donors (Lipinski definition) is 3. The maximum atomic E-state index is 12.9. The number of nitrogens with one attached hydrogen (secondary N) is 2. The number of H-pyrrole nitrogens is 2. The molecule has 7 rings (SSSR count). The van der Waals surface area contributed by atoms with E-state index in [9.17, 15) is 19.5 Å². The van der Waals surface area contributed by atoms with Gasteiger partial charge in [0.1, 0.15) is 5.82 Å². The van der Waals surface area contributed by atoms with Gasteiger partial charge < -0.3 is 19.6 Å². The molecule has 0 radical (unpaired) electrons. The molecule has 0 bridgehead atoms. The molecule has 0 saturated heterocycles. The van der Waals surface area contributed by atoms with Crippen LogP contribution in [0.25, 0.3) is 55.4 Å². The van der Waals surface area contributed by atoms with Gasteiger partial charge in [-0.15, -0.1) is 0 Å². The zero-order valence-corrected chi connectivity index (χ0v) is 23.5. The summed E-state index contributed by atoms with van der Waals surface area (Å²) in [7, 11) is 0. The summed E-state index contributed by atoms with van der Waals surface area (Å²) in [5.74, 6) is -0.339. The van der Waals surface area contributed by atoms with E-state index in [-0.39, 0.29) is 22.5 Å². The quantitative estimate of drug-likeness (QED) is 0.218. The van der Waals surface area contributed by atoms with E-state index >= 15 is 0 Å². The van der Waals surface area contributed by atoms with Crippen molar-refractivity contribution < 1.29 is 9.90 Å². The van der Waals surface area contributed by atoms with Crippen molar-refractivity contribution in [1.29, 1.82) is 0 Å². The Bertz CT molecular complexity index is 2180. The van der Waals surface area contributed by atoms with E-state index in [4.69, 9.17) is 4.98 Å². The second-order valence-corrected chi connectivity index (χ2v) is 11.4. The van der Waals surface area contributed by atoms with Crippen molar-refractivity contribution in [2.75, 3.05) is 0 Å². The summed E-state index contributed by atoms with van der Waals surface area (Å²) in [6.07, 6.45) is 6.98. The number of pyridine rings is 2. The summed E-state index contributed by atoms with van der Waals surface area (Å²) in [6.45, 7) is 3.68. The van der Waals surface area contributed by atoms with Crippen LogP contribution in [0.15, 0.2) is 70.4 Å². The van der Waals surface area contributed by atoms with Crippen LogP contribution < -0.4 is 10.9 Å². The average Bonchev–Trinajstić information content (AvgIpc) is 3.35. The van der Waals surface area contributed by atoms with Gasteiger partial charge in [0.05, 0.1) is 16.6 Å². The number of nitrogens with zero attached hydrogens (tertiary/aromatic N) is 2. The first-order valence-corrected chi connectivity index (χ1v) is 14.3. The Balaban J connectivity index is 1.58. The Morgan fingerprint density at radius 2 is 1.60 bits per heavy atom. The molecule has 3 aromatic carbocycles. The van der Waals surface area contributed by atoms with Gasteiger partial charge in [-0.05, 0) is 74.2 Å². The Kier molecular flexibility index (Phi) is 6.08. The Hall–Kier alpha value is -4.98. The van der Waals surface area contributed by atoms with Gasteiger partial charge in [0, 0.05) is 63.0 Å². The fourth-order valence-corrected chi connectivity index (χ4v) is 6.67. The average molecular weight is 559 g/mol. The van der Waals surface area contributed by atoms with Crippen molar-refractivity contribution in [2.24, 2.45) is 0 Å². The first-order chi connectivity index (χ1) is 20.3. The van der Waals surface area contributed by atoms with Gasteiger partial charge in [0.2, 0.25) is 0 Å². The van der Waals surface area contributed by atoms with Gasteiger partial charge in [-0.3, -0.25) is 9.59 Å². The number of aryl methyl sites for hydroxylation is 2. The number of hydrogen-bond acceptors (Lipinski definition) is 4. The molecule has 0 spiro atoms. The van der Waals surface area contributed by atoms with E-state index in [0.29, 0.717) is 44.3 Å². The maximum absolute atomic E-state index is 12.9. The molecule has 0 atom stereocenters. The molecule has 8 heteroatoms. The number of carboxylic acids is 1. The van der Waals surface area contributed by atoms with Crippen molar-refractivity contribution in [3.8, 4) is 22.5 Å². The summed E-state index contributed by atoms with van der Waals surface area (Å²) in [5.41, 5.74) is 6.17. The lowest BCUT2D eigenvalue weighted by atomic mass is 9.92. The molecule has 0 amide bonds. The highest BCUT2D eigenvalue weighted by molar-refractivity contribution is 6.08. The van der Waals surface area contributed by atoms with Crippen molar-refractivity contribution in [3.05, 3.63) is 98.1 Å². The van der Waals surface area contributed by atoms with Gasteiger partial charge in [-0.1, -0.05) is 25.3 Å². The number of imidazole rings is 1. The fraction of sp³-hybridized carbons (Fsp3) is 0.235. The van der Waals surface area contributed by atoms with E-state index in [1.165, 1.54) is 12.5 Å². The molecule has 0 aliphatic heterocycles. The molecule has 1 aliphatic rings. The van der Waals surface area contributed by atoms with Crippen LogP contribution in [0.5, 0.6) is 0 Å². The second kappa shape index (κ2) is 9.83. The lowest BCUT2D eigenvalue weighted by Crippen LogP contribution is -2.14. The van der Waals surface area contributed by atoms with E-state index in [1.54, 1.807) is 18.3 Å². The highest BCUT2D eigenvalue weighted by atomic mass is 16.4. The third-order valence-electron chi connectivity index (χ3n) is 8.61. The number of aromatic carboxylic acids is 1. The third kappa shape index (κ3) is 4.13. The maximum Gasteiger partial charge on any atom is 0.336 e. The minimum atomic E-state index is -1.05. The lowest BCUT2D eigenvalue weighted by Gasteiger charge is -2.26. The largest absolute Gasteiger partial charge is 0.478 e. The predicted molar refractivity (Wildman–Crippen MR) is 165 cm³/mol. The van der Waals surface area contributed by atoms with Gasteiger partial charge in [-0.25, -0.2) is 9.78 Å². The molecular formula is C34H30N4O4. The summed E-state index contributed by atoms with van der Waals surface area (Å²) in [6, 6.07) is 16.4. The molecule has 0 unspecified atom stereocenters. The minimum Gasteiger partial charge on any atom is -0.478 e. The van der Waals surface area contributed by atoms with Crippen molar-refractivity contribution in [1.82, 2.24) is 19.5 Å². The van der Waals surface area contributed by atoms with Crippen molar-refractivity contribution in [3.63, 3.8) is 0 Å². The topological polar surface area (TPSA) is 121 Å². The highest BCUT2D eigenvalue weighted by Gasteiger charge is 2.28. The number of benzene rings is 3. The SMILES string of the molecule is Cc1cc(=O)c2cc(-c3nc4c(-c5ccc6[nH]ccc(=O)c6c5)c(C(=O)O)c(C)cc4n3C3CCCCC3)ccc2[nH]1. The van der Waals surface area contributed by atoms with Gasteiger partial charge in [0.25, 0.3) is 0 Å². The van der Waals surface area contributed by atoms with Gasteiger partial charge in [0.15, 0.2) is 10.9 Å². The molecule has 3 aromatic heterocycles. The van der Waals surface area contributed by atoms with Crippen LogP contribution in [0.1, 0.15) is 59.8 Å². The predicted octanol–water partition coefficient (Wildman–Crippen LogP) is 6.87. The zero-order chi connectivity index (χ0) is 29.1. The van der Waals surface area contributed by atoms with Crippen LogP contribution >= 0.6 is 0 Å². The Morgan fingerprint density at radius 3 is 2.38 bits per heavy atom. The first kappa shape index (κ1) is 26.0. The van der Waals surface area contributed by atoms with Crippen molar-refractivity contribution in [2.45, 2.75) is 52.0 Å². The number of fused-ring (bicyclic) bond motifs is 3. The van der Waals surface area contributed by atoms with Crippen LogP contribution in [-0.2, 0) is 0 Å². The summed E-state index contributed by atoms with van der Waals surface area (Å²) in [5, 5.41) is 11.5. The Morgan fingerprint density at radius 1 is 0.881 bits per heavy atom. The molecule has 6 aromatic rings. The molecule has 42 heavy (non-hydrogen) atoms. The lowest BCUT2D eigenvalue weighted by molar-refractivity contribution is 0.0697. The second-order valence-electron chi connectivity index (χ2n) is 11.4. The van der Waals surface area contributed by atoms with Crippen LogP contribution in [0.4, 0.5) is 0 Å². The fourth-order valence-electron chi connectivity index (χ4n) is 6.67. The molecule has 1 saturated carbocycles. The normalized spacial score (nSPS) is 14.2. The van der Waals surface area contributed by atoms with Crippen molar-refractivity contribution >= 4 is 38.8 Å². The third-order valence-corrected chi connectivity index (χ3v) is 8.61. The number of aromatic nitrogens is 4. The first-order valence-electron chi connectivity index (χ1n) is 14.3. The highest BCUT2D eigenvalue weighted by Crippen LogP contribution is 2.41. The number of carbonyl (C=O) groups is 1. The molecular weight excluding hydrogens is 528 g/mol. The summed E-state index contributed by atoms with van der Waals surface area (Å²) in [4.78, 5) is 49.9. The smallest absolute Gasteiger partial charge is 0.336 e. The molecule has 1 aliphatic carbocycles. The molecule has 210 valence electrons. The van der Waals surface area contributed by atoms with Crippen LogP contribution in [0.3, 0.4) is 0 Å². The van der Waals surface area contributed by atoms with E-state index < -0.39 is 5.97 Å². The molecule has 3 N–H and O–H groups in total.